The summed E-state index contributed by atoms with van der Waals surface area (Å²) in [5.74, 6) is 0.517. The standard InChI is InChI=1S/C20H24FN3O4/c1-24(23-25)19-7-4-17(5-8-19)2-3-18-6-9-20(22-16-18)28-15-14-27-13-12-26-11-10-21/h2-9,16H,10-15H2,1H3/b3-2+/i21-1. The molecule has 0 fully saturated rings. The molecular weight excluding hydrogens is 364 g/mol. The Morgan fingerprint density at radius 3 is 2.25 bits per heavy atom. The Hall–Kier alpha value is -2.84. The summed E-state index contributed by atoms with van der Waals surface area (Å²) in [6.07, 6.45) is 5.61. The highest BCUT2D eigenvalue weighted by atomic mass is 18.2. The van der Waals surface area contributed by atoms with E-state index in [1.165, 1.54) is 5.01 Å². The Morgan fingerprint density at radius 1 is 0.964 bits per heavy atom. The second-order valence-corrected chi connectivity index (χ2v) is 5.72. The van der Waals surface area contributed by atoms with Gasteiger partial charge in [0, 0.05) is 19.3 Å². The first-order valence-electron chi connectivity index (χ1n) is 8.88. The molecule has 0 N–H and O–H groups in total. The van der Waals surface area contributed by atoms with Crippen LogP contribution in [0.2, 0.25) is 0 Å². The zero-order valence-electron chi connectivity index (χ0n) is 15.8. The maximum absolute atomic E-state index is 11.8. The minimum Gasteiger partial charge on any atom is -0.475 e. The average molecular weight is 388 g/mol. The van der Waals surface area contributed by atoms with Gasteiger partial charge in [-0.05, 0) is 29.3 Å². The summed E-state index contributed by atoms with van der Waals surface area (Å²) >= 11 is 0. The van der Waals surface area contributed by atoms with E-state index >= 15 is 0 Å². The van der Waals surface area contributed by atoms with Gasteiger partial charge in [-0.1, -0.05) is 24.3 Å². The van der Waals surface area contributed by atoms with Gasteiger partial charge >= 0.3 is 0 Å². The van der Waals surface area contributed by atoms with Crippen molar-refractivity contribution in [1.29, 1.82) is 0 Å². The first kappa shape index (κ1) is 21.5. The molecular formula is C20H24FN3O4. The number of alkyl halides is 1. The topological polar surface area (TPSA) is 73.3 Å². The summed E-state index contributed by atoms with van der Waals surface area (Å²) in [5, 5.41) is 4.12. The van der Waals surface area contributed by atoms with Gasteiger partial charge in [0.05, 0.1) is 37.4 Å². The molecule has 0 radical (unpaired) electrons. The van der Waals surface area contributed by atoms with Crippen LogP contribution < -0.4 is 9.75 Å². The third-order valence-electron chi connectivity index (χ3n) is 3.69. The summed E-state index contributed by atoms with van der Waals surface area (Å²) < 4.78 is 27.6. The zero-order chi connectivity index (χ0) is 20.0. The smallest absolute Gasteiger partial charge is 0.213 e. The van der Waals surface area contributed by atoms with Gasteiger partial charge in [-0.3, -0.25) is 0 Å². The van der Waals surface area contributed by atoms with E-state index in [1.807, 2.05) is 42.5 Å². The summed E-state index contributed by atoms with van der Waals surface area (Å²) in [4.78, 5) is 14.7. The van der Waals surface area contributed by atoms with Crippen molar-refractivity contribution in [2.75, 3.05) is 51.8 Å². The first-order chi connectivity index (χ1) is 13.7. The first-order valence-corrected chi connectivity index (χ1v) is 8.88. The van der Waals surface area contributed by atoms with Gasteiger partial charge in [0.1, 0.15) is 13.3 Å². The molecule has 0 amide bonds. The fourth-order valence-corrected chi connectivity index (χ4v) is 2.20. The van der Waals surface area contributed by atoms with Gasteiger partial charge in [-0.25, -0.2) is 14.4 Å². The van der Waals surface area contributed by atoms with Crippen molar-refractivity contribution < 1.29 is 18.6 Å². The number of nitrogens with zero attached hydrogens (tertiary/aromatic N) is 3. The van der Waals surface area contributed by atoms with E-state index < -0.39 is 6.67 Å². The highest BCUT2D eigenvalue weighted by Gasteiger charge is 1.99. The molecule has 7 nitrogen and oxygen atoms in total. The molecule has 1 aromatic carbocycles. The van der Waals surface area contributed by atoms with E-state index in [1.54, 1.807) is 19.3 Å². The number of halogens is 1. The molecule has 0 saturated heterocycles. The zero-order valence-corrected chi connectivity index (χ0v) is 15.8. The molecule has 0 aliphatic heterocycles. The Bertz CT molecular complexity index is 723. The van der Waals surface area contributed by atoms with Crippen LogP contribution in [-0.2, 0) is 9.47 Å². The van der Waals surface area contributed by atoms with Gasteiger partial charge in [0.2, 0.25) is 5.88 Å². The Labute approximate surface area is 163 Å². The molecule has 0 bridgehead atoms. The lowest BCUT2D eigenvalue weighted by Gasteiger charge is -2.08. The summed E-state index contributed by atoms with van der Waals surface area (Å²) in [6.45, 7) is 1.18. The average Bonchev–Trinajstić information content (AvgIpc) is 2.75. The molecule has 2 aromatic rings. The minimum atomic E-state index is -0.483. The fourth-order valence-electron chi connectivity index (χ4n) is 2.20. The van der Waals surface area contributed by atoms with Crippen molar-refractivity contribution in [1.82, 2.24) is 4.98 Å². The van der Waals surface area contributed by atoms with E-state index in [4.69, 9.17) is 14.2 Å². The monoisotopic (exact) mass is 388 g/mol. The summed E-state index contributed by atoms with van der Waals surface area (Å²) in [7, 11) is 1.60. The number of hydrogen-bond acceptors (Lipinski definition) is 6. The molecule has 1 heterocycles. The van der Waals surface area contributed by atoms with Gasteiger partial charge in [-0.2, -0.15) is 0 Å². The highest BCUT2D eigenvalue weighted by Crippen LogP contribution is 2.16. The van der Waals surface area contributed by atoms with E-state index in [9.17, 15) is 9.30 Å². The number of nitroso groups, excluding NO2 is 1. The van der Waals surface area contributed by atoms with Crippen LogP contribution in [-0.4, -0.2) is 51.7 Å². The lowest BCUT2D eigenvalue weighted by Crippen LogP contribution is -2.11. The molecule has 150 valence electrons. The minimum absolute atomic E-state index is 0.102. The van der Waals surface area contributed by atoms with Gasteiger partial charge in [0.25, 0.3) is 0 Å². The number of rotatable bonds is 13. The van der Waals surface area contributed by atoms with Crippen LogP contribution >= 0.6 is 0 Å². The summed E-state index contributed by atoms with van der Waals surface area (Å²) in [5.41, 5.74) is 2.66. The lowest BCUT2D eigenvalue weighted by atomic mass is 10.1. The van der Waals surface area contributed by atoms with E-state index in [0.717, 1.165) is 16.8 Å². The van der Waals surface area contributed by atoms with Crippen molar-refractivity contribution in [3.05, 3.63) is 58.6 Å². The number of hydrogen-bond donors (Lipinski definition) is 0. The molecule has 0 saturated carbocycles. The molecule has 8 heteroatoms. The van der Waals surface area contributed by atoms with E-state index in [0.29, 0.717) is 32.3 Å². The second-order valence-electron chi connectivity index (χ2n) is 5.72. The predicted molar refractivity (Wildman–Crippen MR) is 107 cm³/mol. The van der Waals surface area contributed by atoms with E-state index in [-0.39, 0.29) is 6.61 Å². The molecule has 0 atom stereocenters. The van der Waals surface area contributed by atoms with Crippen molar-refractivity contribution in [2.24, 2.45) is 5.29 Å². The second kappa shape index (κ2) is 12.5. The van der Waals surface area contributed by atoms with Crippen LogP contribution in [0.4, 0.5) is 10.1 Å². The van der Waals surface area contributed by atoms with Crippen LogP contribution in [0, 0.1) is 4.91 Å². The van der Waals surface area contributed by atoms with Gasteiger partial charge in [0.15, 0.2) is 0 Å². The third-order valence-corrected chi connectivity index (χ3v) is 3.69. The molecule has 2 rings (SSSR count). The van der Waals surface area contributed by atoms with Crippen LogP contribution in [0.25, 0.3) is 12.2 Å². The third kappa shape index (κ3) is 7.81. The van der Waals surface area contributed by atoms with Crippen LogP contribution in [0.15, 0.2) is 47.9 Å². The number of anilines is 1. The molecule has 28 heavy (non-hydrogen) atoms. The number of pyridine rings is 1. The Balaban J connectivity index is 1.72. The van der Waals surface area contributed by atoms with Crippen LogP contribution in [0.5, 0.6) is 5.88 Å². The van der Waals surface area contributed by atoms with Crippen molar-refractivity contribution in [3.8, 4) is 5.88 Å². The highest BCUT2D eigenvalue weighted by molar-refractivity contribution is 5.70. The lowest BCUT2D eigenvalue weighted by molar-refractivity contribution is 0.0320. The van der Waals surface area contributed by atoms with Crippen LogP contribution in [0.1, 0.15) is 11.1 Å². The maximum atomic E-state index is 11.8. The van der Waals surface area contributed by atoms with Crippen molar-refractivity contribution in [3.63, 3.8) is 0 Å². The largest absolute Gasteiger partial charge is 0.475 e. The van der Waals surface area contributed by atoms with Gasteiger partial charge in [-0.15, -0.1) is 4.91 Å². The van der Waals surface area contributed by atoms with Crippen molar-refractivity contribution in [2.45, 2.75) is 0 Å². The normalized spacial score (nSPS) is 10.9. The molecule has 0 aliphatic carbocycles. The maximum Gasteiger partial charge on any atom is 0.213 e. The number of aromatic nitrogens is 1. The fraction of sp³-hybridized carbons (Fsp3) is 0.350. The van der Waals surface area contributed by atoms with E-state index in [2.05, 4.69) is 10.3 Å². The summed E-state index contributed by atoms with van der Waals surface area (Å²) in [6, 6.07) is 11.2. The molecule has 0 unspecified atom stereocenters. The van der Waals surface area contributed by atoms with Crippen LogP contribution in [0.3, 0.4) is 0 Å². The molecule has 0 spiro atoms. The number of benzene rings is 1. The predicted octanol–water partition coefficient (Wildman–Crippen LogP) is 3.75. The Morgan fingerprint density at radius 2 is 1.61 bits per heavy atom. The van der Waals surface area contributed by atoms with Crippen molar-refractivity contribution >= 4 is 17.8 Å². The molecule has 0 aliphatic rings. The van der Waals surface area contributed by atoms with Gasteiger partial charge < -0.3 is 14.2 Å². The number of ether oxygens (including phenoxy) is 3. The quantitative estimate of drug-likeness (QED) is 0.296. The SMILES string of the molecule is CN(N=O)c1ccc(/C=C/c2ccc(OCCOCCOCC[18F])nc2)cc1. The molecule has 1 aromatic heterocycles. The Kier molecular flexibility index (Phi) is 9.60.